The van der Waals surface area contributed by atoms with Crippen molar-refractivity contribution in [1.82, 2.24) is 19.4 Å². The Labute approximate surface area is 185 Å². The second kappa shape index (κ2) is 7.61. The highest BCUT2D eigenvalue weighted by Gasteiger charge is 2.55. The SMILES string of the molecule is Cn1c(CN2C[C@@H]3C(COc4cc(C(F)(F)F)cc(C(F)(F)F)c4)[C@@H]3C2)nc2ncccc21. The predicted octanol–water partition coefficient (Wildman–Crippen LogP) is 4.76. The monoisotopic (exact) mass is 470 g/mol. The van der Waals surface area contributed by atoms with Gasteiger partial charge >= 0.3 is 12.4 Å². The van der Waals surface area contributed by atoms with E-state index in [2.05, 4.69) is 14.9 Å². The molecular weight excluding hydrogens is 450 g/mol. The normalized spacial score (nSPS) is 23.2. The average Bonchev–Trinajstić information content (AvgIpc) is 3.04. The number of hydrogen-bond donors (Lipinski definition) is 0. The van der Waals surface area contributed by atoms with Crippen LogP contribution in [0.5, 0.6) is 5.75 Å². The summed E-state index contributed by atoms with van der Waals surface area (Å²) in [5, 5.41) is 0. The summed E-state index contributed by atoms with van der Waals surface area (Å²) >= 11 is 0. The maximum Gasteiger partial charge on any atom is 0.416 e. The van der Waals surface area contributed by atoms with Gasteiger partial charge in [-0.1, -0.05) is 0 Å². The third kappa shape index (κ3) is 4.25. The van der Waals surface area contributed by atoms with Crippen LogP contribution in [0.3, 0.4) is 0 Å². The molecule has 0 N–H and O–H groups in total. The van der Waals surface area contributed by atoms with E-state index in [4.69, 9.17) is 4.74 Å². The molecule has 0 spiro atoms. The molecule has 1 aliphatic heterocycles. The van der Waals surface area contributed by atoms with Crippen LogP contribution in [0.25, 0.3) is 11.2 Å². The van der Waals surface area contributed by atoms with Gasteiger partial charge in [0.15, 0.2) is 5.65 Å². The maximum atomic E-state index is 13.0. The fraction of sp³-hybridized carbons (Fsp3) is 0.455. The van der Waals surface area contributed by atoms with E-state index in [1.165, 1.54) is 0 Å². The minimum atomic E-state index is -4.89. The van der Waals surface area contributed by atoms with Gasteiger partial charge in [-0.25, -0.2) is 9.97 Å². The molecule has 1 saturated heterocycles. The van der Waals surface area contributed by atoms with E-state index in [1.807, 2.05) is 23.7 Å². The fourth-order valence-corrected chi connectivity index (χ4v) is 4.73. The Morgan fingerprint density at radius 3 is 2.21 bits per heavy atom. The lowest BCUT2D eigenvalue weighted by Gasteiger charge is -2.19. The summed E-state index contributed by atoms with van der Waals surface area (Å²) in [6, 6.07) is 5.16. The average molecular weight is 470 g/mol. The first kappa shape index (κ1) is 22.0. The Hall–Kier alpha value is -2.82. The molecule has 1 saturated carbocycles. The number of nitrogens with zero attached hydrogens (tertiary/aromatic N) is 4. The molecule has 0 radical (unpaired) electrons. The first-order valence-electron chi connectivity index (χ1n) is 10.4. The molecule has 1 aliphatic carbocycles. The third-order valence-corrected chi connectivity index (χ3v) is 6.57. The largest absolute Gasteiger partial charge is 0.493 e. The van der Waals surface area contributed by atoms with Crippen LogP contribution in [0.1, 0.15) is 17.0 Å². The van der Waals surface area contributed by atoms with Gasteiger partial charge in [0.2, 0.25) is 0 Å². The zero-order chi connectivity index (χ0) is 23.5. The molecule has 1 unspecified atom stereocenters. The molecule has 3 atom stereocenters. The minimum absolute atomic E-state index is 0.0952. The highest BCUT2D eigenvalue weighted by atomic mass is 19.4. The molecule has 5 nitrogen and oxygen atoms in total. The summed E-state index contributed by atoms with van der Waals surface area (Å²) in [5.74, 6) is 1.22. The van der Waals surface area contributed by atoms with Crippen molar-refractivity contribution in [3.05, 3.63) is 53.5 Å². The second-order valence-electron chi connectivity index (χ2n) is 8.67. The van der Waals surface area contributed by atoms with Crippen LogP contribution in [-0.4, -0.2) is 39.1 Å². The number of aryl methyl sites for hydroxylation is 1. The molecule has 1 aromatic carbocycles. The Balaban J connectivity index is 1.20. The van der Waals surface area contributed by atoms with Crippen molar-refractivity contribution in [2.24, 2.45) is 24.8 Å². The van der Waals surface area contributed by atoms with Crippen molar-refractivity contribution in [2.45, 2.75) is 18.9 Å². The van der Waals surface area contributed by atoms with Crippen LogP contribution in [0.2, 0.25) is 0 Å². The Morgan fingerprint density at radius 1 is 1.00 bits per heavy atom. The third-order valence-electron chi connectivity index (χ3n) is 6.57. The smallest absolute Gasteiger partial charge is 0.416 e. The zero-order valence-corrected chi connectivity index (χ0v) is 17.5. The molecule has 33 heavy (non-hydrogen) atoms. The van der Waals surface area contributed by atoms with Gasteiger partial charge in [-0.05, 0) is 42.2 Å². The standard InChI is InChI=1S/C22H20F6N4O/c1-31-18-3-2-4-29-20(18)30-19(31)10-32-8-15-16(9-32)17(15)11-33-14-6-12(21(23,24)25)5-13(7-14)22(26,27)28/h2-7,15-17H,8-11H2,1H3/t15-,16+,17?. The van der Waals surface area contributed by atoms with Crippen molar-refractivity contribution >= 4 is 11.2 Å². The summed E-state index contributed by atoms with van der Waals surface area (Å²) in [4.78, 5) is 11.1. The lowest BCUT2D eigenvalue weighted by Crippen LogP contribution is -2.26. The highest BCUT2D eigenvalue weighted by molar-refractivity contribution is 5.71. The number of benzene rings is 1. The number of halogens is 6. The van der Waals surface area contributed by atoms with E-state index in [1.54, 1.807) is 6.20 Å². The fourth-order valence-electron chi connectivity index (χ4n) is 4.73. The number of likely N-dealkylation sites (tertiary alicyclic amines) is 1. The van der Waals surface area contributed by atoms with Gasteiger partial charge in [0.05, 0.1) is 29.8 Å². The summed E-state index contributed by atoms with van der Waals surface area (Å²) in [6.07, 6.45) is -8.08. The zero-order valence-electron chi connectivity index (χ0n) is 17.5. The highest BCUT2D eigenvalue weighted by Crippen LogP contribution is 2.52. The topological polar surface area (TPSA) is 43.2 Å². The summed E-state index contributed by atoms with van der Waals surface area (Å²) < 4.78 is 85.5. The first-order valence-corrected chi connectivity index (χ1v) is 10.4. The van der Waals surface area contributed by atoms with E-state index >= 15 is 0 Å². The Bertz CT molecular complexity index is 1140. The van der Waals surface area contributed by atoms with Gasteiger partial charge in [-0.2, -0.15) is 26.3 Å². The number of ether oxygens (including phenoxy) is 1. The molecular formula is C22H20F6N4O. The molecule has 5 rings (SSSR count). The van der Waals surface area contributed by atoms with Gasteiger partial charge in [0, 0.05) is 32.3 Å². The van der Waals surface area contributed by atoms with Crippen molar-refractivity contribution in [2.75, 3.05) is 19.7 Å². The van der Waals surface area contributed by atoms with Gasteiger partial charge < -0.3 is 9.30 Å². The minimum Gasteiger partial charge on any atom is -0.493 e. The number of hydrogen-bond acceptors (Lipinski definition) is 4. The number of pyridine rings is 1. The Morgan fingerprint density at radius 2 is 1.64 bits per heavy atom. The number of fused-ring (bicyclic) bond motifs is 2. The second-order valence-corrected chi connectivity index (χ2v) is 8.67. The van der Waals surface area contributed by atoms with Crippen molar-refractivity contribution < 1.29 is 31.1 Å². The van der Waals surface area contributed by atoms with Crippen LogP contribution < -0.4 is 4.74 Å². The number of aromatic nitrogens is 3. The predicted molar refractivity (Wildman–Crippen MR) is 106 cm³/mol. The lowest BCUT2D eigenvalue weighted by atomic mass is 10.1. The van der Waals surface area contributed by atoms with Crippen molar-refractivity contribution in [3.8, 4) is 5.75 Å². The molecule has 3 heterocycles. The molecule has 11 heteroatoms. The van der Waals surface area contributed by atoms with E-state index in [0.717, 1.165) is 24.4 Å². The van der Waals surface area contributed by atoms with Crippen LogP contribution >= 0.6 is 0 Å². The maximum absolute atomic E-state index is 13.0. The van der Waals surface area contributed by atoms with E-state index in [0.29, 0.717) is 36.2 Å². The van der Waals surface area contributed by atoms with E-state index in [9.17, 15) is 26.3 Å². The first-order chi connectivity index (χ1) is 15.5. The van der Waals surface area contributed by atoms with E-state index in [-0.39, 0.29) is 18.6 Å². The van der Waals surface area contributed by atoms with Crippen LogP contribution in [0.4, 0.5) is 26.3 Å². The van der Waals surface area contributed by atoms with Crippen LogP contribution in [0, 0.1) is 17.8 Å². The molecule has 0 amide bonds. The molecule has 176 valence electrons. The quantitative estimate of drug-likeness (QED) is 0.505. The molecule has 3 aromatic rings. The number of piperidine rings is 1. The van der Waals surface area contributed by atoms with Crippen molar-refractivity contribution in [3.63, 3.8) is 0 Å². The summed E-state index contributed by atoms with van der Waals surface area (Å²) in [6.45, 7) is 2.31. The molecule has 2 aliphatic rings. The van der Waals surface area contributed by atoms with Gasteiger partial charge in [0.25, 0.3) is 0 Å². The van der Waals surface area contributed by atoms with Crippen LogP contribution in [-0.2, 0) is 25.9 Å². The van der Waals surface area contributed by atoms with Crippen molar-refractivity contribution in [1.29, 1.82) is 0 Å². The van der Waals surface area contributed by atoms with E-state index < -0.39 is 29.2 Å². The molecule has 2 fully saturated rings. The Kier molecular flexibility index (Phi) is 5.07. The molecule has 0 bridgehead atoms. The van der Waals surface area contributed by atoms with Gasteiger partial charge in [-0.15, -0.1) is 0 Å². The lowest BCUT2D eigenvalue weighted by molar-refractivity contribution is -0.143. The summed E-state index contributed by atoms with van der Waals surface area (Å²) in [5.41, 5.74) is -1.11. The van der Waals surface area contributed by atoms with Crippen LogP contribution in [0.15, 0.2) is 36.5 Å². The number of rotatable bonds is 5. The van der Waals surface area contributed by atoms with Gasteiger partial charge in [0.1, 0.15) is 11.6 Å². The number of alkyl halides is 6. The number of imidazole rings is 1. The van der Waals surface area contributed by atoms with Gasteiger partial charge in [-0.3, -0.25) is 4.90 Å². The molecule has 2 aromatic heterocycles. The summed E-state index contributed by atoms with van der Waals surface area (Å²) in [7, 11) is 1.93.